The summed E-state index contributed by atoms with van der Waals surface area (Å²) in [7, 11) is 1.84. The van der Waals surface area contributed by atoms with Crippen molar-refractivity contribution in [1.82, 2.24) is 4.90 Å². The number of amides is 1. The van der Waals surface area contributed by atoms with Gasteiger partial charge in [0.15, 0.2) is 0 Å². The summed E-state index contributed by atoms with van der Waals surface area (Å²) in [6.45, 7) is 1.68. The van der Waals surface area contributed by atoms with Crippen LogP contribution in [0.4, 0.5) is 0 Å². The summed E-state index contributed by atoms with van der Waals surface area (Å²) in [5.41, 5.74) is 1.25. The molecule has 0 aromatic carbocycles. The molecule has 5 nitrogen and oxygen atoms in total. The van der Waals surface area contributed by atoms with Gasteiger partial charge in [0.2, 0.25) is 0 Å². The number of esters is 1. The molecule has 2 aliphatic heterocycles. The van der Waals surface area contributed by atoms with Gasteiger partial charge in [0.25, 0.3) is 12.2 Å². The van der Waals surface area contributed by atoms with Crippen molar-refractivity contribution in [2.24, 2.45) is 5.92 Å². The standard InChI is InChI=1S/C14H17NO4/c1-8-6-12(19-14(8)17)18-7-10-9-4-3-5-11(9)15(2)13(10)16/h6-7,9,11-12H,3-5H2,1-2H3/b10-7+. The summed E-state index contributed by atoms with van der Waals surface area (Å²) in [5, 5.41) is 0. The lowest BCUT2D eigenvalue weighted by molar-refractivity contribution is -0.152. The van der Waals surface area contributed by atoms with Gasteiger partial charge in [-0.1, -0.05) is 6.42 Å². The average molecular weight is 263 g/mol. The van der Waals surface area contributed by atoms with Gasteiger partial charge >= 0.3 is 5.97 Å². The molecule has 19 heavy (non-hydrogen) atoms. The van der Waals surface area contributed by atoms with Crippen LogP contribution in [-0.2, 0) is 19.1 Å². The van der Waals surface area contributed by atoms with E-state index in [0.717, 1.165) is 19.3 Å². The van der Waals surface area contributed by atoms with E-state index in [-0.39, 0.29) is 17.8 Å². The molecule has 2 fully saturated rings. The lowest BCUT2D eigenvalue weighted by Crippen LogP contribution is -2.28. The van der Waals surface area contributed by atoms with Gasteiger partial charge in [0.1, 0.15) is 0 Å². The third-order valence-electron chi connectivity index (χ3n) is 4.20. The summed E-state index contributed by atoms with van der Waals surface area (Å²) in [5.74, 6) is -0.0728. The van der Waals surface area contributed by atoms with Crippen LogP contribution in [0.5, 0.6) is 0 Å². The van der Waals surface area contributed by atoms with E-state index >= 15 is 0 Å². The van der Waals surface area contributed by atoms with Gasteiger partial charge in [-0.3, -0.25) is 4.79 Å². The van der Waals surface area contributed by atoms with Gasteiger partial charge in [-0.15, -0.1) is 0 Å². The van der Waals surface area contributed by atoms with Crippen LogP contribution in [0.15, 0.2) is 23.5 Å². The van der Waals surface area contributed by atoms with E-state index in [1.54, 1.807) is 17.9 Å². The largest absolute Gasteiger partial charge is 0.458 e. The van der Waals surface area contributed by atoms with Crippen LogP contribution < -0.4 is 0 Å². The predicted octanol–water partition coefficient (Wildman–Crippen LogP) is 1.36. The summed E-state index contributed by atoms with van der Waals surface area (Å²) < 4.78 is 10.4. The predicted molar refractivity (Wildman–Crippen MR) is 66.7 cm³/mol. The molecule has 0 spiro atoms. The molecule has 1 amide bonds. The molecule has 0 radical (unpaired) electrons. The van der Waals surface area contributed by atoms with Crippen molar-refractivity contribution < 1.29 is 19.1 Å². The molecule has 0 bridgehead atoms. The maximum atomic E-state index is 12.1. The SMILES string of the molecule is CC1=CC(O/C=C2/C(=O)N(C)C3CCCC23)OC1=O. The van der Waals surface area contributed by atoms with Crippen LogP contribution in [0.25, 0.3) is 0 Å². The van der Waals surface area contributed by atoms with Crippen molar-refractivity contribution in [1.29, 1.82) is 0 Å². The second-order valence-electron chi connectivity index (χ2n) is 5.35. The van der Waals surface area contributed by atoms with Crippen molar-refractivity contribution in [3.8, 4) is 0 Å². The van der Waals surface area contributed by atoms with E-state index in [2.05, 4.69) is 0 Å². The van der Waals surface area contributed by atoms with Crippen LogP contribution in [0, 0.1) is 5.92 Å². The Morgan fingerprint density at radius 1 is 1.42 bits per heavy atom. The first-order chi connectivity index (χ1) is 9.08. The molecule has 0 N–H and O–H groups in total. The second-order valence-corrected chi connectivity index (χ2v) is 5.35. The van der Waals surface area contributed by atoms with Crippen molar-refractivity contribution >= 4 is 11.9 Å². The Labute approximate surface area is 111 Å². The van der Waals surface area contributed by atoms with Gasteiger partial charge < -0.3 is 14.4 Å². The highest BCUT2D eigenvalue weighted by Crippen LogP contribution is 2.41. The number of nitrogens with zero attached hydrogens (tertiary/aromatic N) is 1. The molecular weight excluding hydrogens is 246 g/mol. The van der Waals surface area contributed by atoms with Crippen LogP contribution in [0.2, 0.25) is 0 Å². The van der Waals surface area contributed by atoms with Gasteiger partial charge in [-0.05, 0) is 19.8 Å². The Balaban J connectivity index is 1.73. The monoisotopic (exact) mass is 263 g/mol. The maximum absolute atomic E-state index is 12.1. The quantitative estimate of drug-likeness (QED) is 0.429. The van der Waals surface area contributed by atoms with Crippen molar-refractivity contribution in [2.75, 3.05) is 7.05 Å². The highest BCUT2D eigenvalue weighted by molar-refractivity contribution is 5.96. The fraction of sp³-hybridized carbons (Fsp3) is 0.571. The average Bonchev–Trinajstić information content (AvgIpc) is 3.01. The van der Waals surface area contributed by atoms with E-state index < -0.39 is 6.29 Å². The molecular formula is C14H17NO4. The molecule has 1 saturated carbocycles. The first-order valence-electron chi connectivity index (χ1n) is 6.60. The Hall–Kier alpha value is -1.78. The Morgan fingerprint density at radius 2 is 2.21 bits per heavy atom. The molecule has 5 heteroatoms. The zero-order chi connectivity index (χ0) is 13.6. The van der Waals surface area contributed by atoms with Gasteiger partial charge in [-0.2, -0.15) is 0 Å². The number of rotatable bonds is 2. The second kappa shape index (κ2) is 4.40. The Bertz CT molecular complexity index is 494. The van der Waals surface area contributed by atoms with E-state index in [4.69, 9.17) is 9.47 Å². The highest BCUT2D eigenvalue weighted by Gasteiger charge is 2.45. The molecule has 3 rings (SSSR count). The first-order valence-corrected chi connectivity index (χ1v) is 6.60. The molecule has 0 aromatic heterocycles. The fourth-order valence-corrected chi connectivity index (χ4v) is 3.13. The van der Waals surface area contributed by atoms with Crippen LogP contribution in [0.1, 0.15) is 26.2 Å². The number of fused-ring (bicyclic) bond motifs is 1. The van der Waals surface area contributed by atoms with E-state index in [0.29, 0.717) is 17.2 Å². The van der Waals surface area contributed by atoms with E-state index in [9.17, 15) is 9.59 Å². The van der Waals surface area contributed by atoms with Gasteiger partial charge in [-0.25, -0.2) is 4.79 Å². The third-order valence-corrected chi connectivity index (χ3v) is 4.20. The number of hydrogen-bond acceptors (Lipinski definition) is 4. The van der Waals surface area contributed by atoms with Crippen molar-refractivity contribution in [3.05, 3.63) is 23.5 Å². The number of ether oxygens (including phenoxy) is 2. The third kappa shape index (κ3) is 1.93. The minimum Gasteiger partial charge on any atom is -0.458 e. The summed E-state index contributed by atoms with van der Waals surface area (Å²) in [6, 6.07) is 0.311. The van der Waals surface area contributed by atoms with Crippen LogP contribution >= 0.6 is 0 Å². The molecule has 3 aliphatic rings. The van der Waals surface area contributed by atoms with Gasteiger partial charge in [0.05, 0.1) is 11.8 Å². The molecule has 1 aliphatic carbocycles. The Morgan fingerprint density at radius 3 is 2.89 bits per heavy atom. The minimum atomic E-state index is -0.696. The number of carbonyl (C=O) groups is 2. The summed E-state index contributed by atoms with van der Waals surface area (Å²) >= 11 is 0. The fourth-order valence-electron chi connectivity index (χ4n) is 3.13. The molecule has 102 valence electrons. The zero-order valence-electron chi connectivity index (χ0n) is 11.1. The Kier molecular flexibility index (Phi) is 2.84. The number of likely N-dealkylation sites (N-methyl/N-ethyl adjacent to an activating group) is 1. The van der Waals surface area contributed by atoms with Gasteiger partial charge in [0, 0.05) is 30.7 Å². The molecule has 2 heterocycles. The number of likely N-dealkylation sites (tertiary alicyclic amines) is 1. The normalized spacial score (nSPS) is 35.7. The topological polar surface area (TPSA) is 55.8 Å². The molecule has 3 atom stereocenters. The molecule has 1 saturated heterocycles. The highest BCUT2D eigenvalue weighted by atomic mass is 16.7. The minimum absolute atomic E-state index is 0.0275. The first kappa shape index (κ1) is 12.3. The lowest BCUT2D eigenvalue weighted by Gasteiger charge is -2.16. The summed E-state index contributed by atoms with van der Waals surface area (Å²) in [6.07, 6.45) is 5.63. The number of cyclic esters (lactones) is 1. The van der Waals surface area contributed by atoms with Crippen molar-refractivity contribution in [2.45, 2.75) is 38.5 Å². The zero-order valence-corrected chi connectivity index (χ0v) is 11.1. The molecule has 3 unspecified atom stereocenters. The summed E-state index contributed by atoms with van der Waals surface area (Å²) in [4.78, 5) is 25.1. The number of carbonyl (C=O) groups excluding carboxylic acids is 2. The van der Waals surface area contributed by atoms with E-state index in [1.165, 1.54) is 6.26 Å². The molecule has 0 aromatic rings. The maximum Gasteiger partial charge on any atom is 0.336 e. The number of hydrogen-bond donors (Lipinski definition) is 0. The van der Waals surface area contributed by atoms with Crippen LogP contribution in [-0.4, -0.2) is 36.2 Å². The van der Waals surface area contributed by atoms with E-state index in [1.807, 2.05) is 7.05 Å². The van der Waals surface area contributed by atoms with Crippen LogP contribution in [0.3, 0.4) is 0 Å². The lowest BCUT2D eigenvalue weighted by atomic mass is 10.00. The smallest absolute Gasteiger partial charge is 0.336 e. The van der Waals surface area contributed by atoms with Crippen molar-refractivity contribution in [3.63, 3.8) is 0 Å².